The second-order valence-corrected chi connectivity index (χ2v) is 7.73. The van der Waals surface area contributed by atoms with Crippen molar-refractivity contribution in [1.82, 2.24) is 10.2 Å². The van der Waals surface area contributed by atoms with Crippen LogP contribution < -0.4 is 5.32 Å². The van der Waals surface area contributed by atoms with Crippen molar-refractivity contribution in [3.8, 4) is 0 Å². The third kappa shape index (κ3) is 2.36. The molecule has 1 N–H and O–H groups in total. The van der Waals surface area contributed by atoms with Gasteiger partial charge in [-0.3, -0.25) is 9.59 Å². The molecule has 4 heteroatoms. The highest BCUT2D eigenvalue weighted by molar-refractivity contribution is 5.97. The molecule has 3 aliphatic rings. The molecule has 3 fully saturated rings. The Morgan fingerprint density at radius 3 is 2.38 bits per heavy atom. The van der Waals surface area contributed by atoms with Crippen LogP contribution in [-0.4, -0.2) is 34.8 Å². The van der Waals surface area contributed by atoms with Crippen LogP contribution in [-0.2, 0) is 9.59 Å². The minimum absolute atomic E-state index is 0.00306. The summed E-state index contributed by atoms with van der Waals surface area (Å²) in [6, 6.07) is -0.494. The fraction of sp³-hybridized carbons (Fsp3) is 0.882. The quantitative estimate of drug-likeness (QED) is 0.867. The molecule has 0 spiro atoms. The second-order valence-electron chi connectivity index (χ2n) is 7.73. The Balaban J connectivity index is 1.80. The first kappa shape index (κ1) is 14.9. The Labute approximate surface area is 127 Å². The number of hydrogen-bond donors (Lipinski definition) is 1. The van der Waals surface area contributed by atoms with Crippen molar-refractivity contribution in [3.05, 3.63) is 0 Å². The summed E-state index contributed by atoms with van der Waals surface area (Å²) in [5.74, 6) is 2.49. The molecule has 2 amide bonds. The first-order chi connectivity index (χ1) is 9.90. The monoisotopic (exact) mass is 292 g/mol. The second kappa shape index (κ2) is 5.29. The first-order valence-electron chi connectivity index (χ1n) is 8.52. The van der Waals surface area contributed by atoms with Gasteiger partial charge in [-0.2, -0.15) is 0 Å². The molecule has 0 aromatic heterocycles. The van der Waals surface area contributed by atoms with Crippen LogP contribution in [0.5, 0.6) is 0 Å². The third-order valence-electron chi connectivity index (χ3n) is 6.13. The SMILES string of the molecule is CC(C)C1NC(=O)C(C)N(C(C)C2CC3CCC2C3)C1=O. The number of piperazine rings is 1. The molecule has 2 bridgehead atoms. The summed E-state index contributed by atoms with van der Waals surface area (Å²) in [4.78, 5) is 27.0. The summed E-state index contributed by atoms with van der Waals surface area (Å²) in [6.45, 7) is 8.03. The predicted molar refractivity (Wildman–Crippen MR) is 81.5 cm³/mol. The number of hydrogen-bond acceptors (Lipinski definition) is 2. The Morgan fingerprint density at radius 2 is 1.86 bits per heavy atom. The van der Waals surface area contributed by atoms with Gasteiger partial charge in [-0.1, -0.05) is 20.3 Å². The maximum Gasteiger partial charge on any atom is 0.246 e. The van der Waals surface area contributed by atoms with Gasteiger partial charge in [-0.25, -0.2) is 0 Å². The summed E-state index contributed by atoms with van der Waals surface area (Å²) in [6.07, 6.45) is 5.27. The van der Waals surface area contributed by atoms with E-state index in [1.807, 2.05) is 25.7 Å². The van der Waals surface area contributed by atoms with Gasteiger partial charge < -0.3 is 10.2 Å². The van der Waals surface area contributed by atoms with E-state index in [-0.39, 0.29) is 35.9 Å². The highest BCUT2D eigenvalue weighted by Crippen LogP contribution is 2.50. The molecule has 3 rings (SSSR count). The Morgan fingerprint density at radius 1 is 1.14 bits per heavy atom. The van der Waals surface area contributed by atoms with Crippen molar-refractivity contribution >= 4 is 11.8 Å². The lowest BCUT2D eigenvalue weighted by molar-refractivity contribution is -0.154. The molecule has 1 aliphatic heterocycles. The van der Waals surface area contributed by atoms with Gasteiger partial charge in [0.15, 0.2) is 0 Å². The Hall–Kier alpha value is -1.06. The van der Waals surface area contributed by atoms with Crippen LogP contribution in [0.3, 0.4) is 0 Å². The molecule has 2 aliphatic carbocycles. The van der Waals surface area contributed by atoms with E-state index in [4.69, 9.17) is 0 Å². The van der Waals surface area contributed by atoms with Gasteiger partial charge in [0.1, 0.15) is 12.1 Å². The van der Waals surface area contributed by atoms with Crippen molar-refractivity contribution in [2.75, 3.05) is 0 Å². The number of carbonyl (C=O) groups is 2. The number of rotatable bonds is 3. The molecular weight excluding hydrogens is 264 g/mol. The lowest BCUT2D eigenvalue weighted by Crippen LogP contribution is -2.66. The van der Waals surface area contributed by atoms with Crippen LogP contribution in [0.25, 0.3) is 0 Å². The number of nitrogens with one attached hydrogen (secondary N) is 1. The maximum absolute atomic E-state index is 12.8. The molecular formula is C17H28N2O2. The molecule has 0 radical (unpaired) electrons. The molecule has 118 valence electrons. The van der Waals surface area contributed by atoms with Gasteiger partial charge in [0, 0.05) is 6.04 Å². The number of nitrogens with zero attached hydrogens (tertiary/aromatic N) is 1. The first-order valence-corrected chi connectivity index (χ1v) is 8.52. The highest BCUT2D eigenvalue weighted by Gasteiger charge is 2.48. The van der Waals surface area contributed by atoms with Crippen LogP contribution in [0, 0.1) is 23.7 Å². The zero-order chi connectivity index (χ0) is 15.3. The minimum Gasteiger partial charge on any atom is -0.342 e. The molecule has 1 saturated heterocycles. The van der Waals surface area contributed by atoms with Gasteiger partial charge in [-0.15, -0.1) is 0 Å². The molecule has 6 unspecified atom stereocenters. The van der Waals surface area contributed by atoms with Crippen molar-refractivity contribution in [2.45, 2.75) is 71.5 Å². The van der Waals surface area contributed by atoms with Gasteiger partial charge in [0.2, 0.25) is 11.8 Å². The van der Waals surface area contributed by atoms with E-state index in [9.17, 15) is 9.59 Å². The average molecular weight is 292 g/mol. The van der Waals surface area contributed by atoms with E-state index >= 15 is 0 Å². The zero-order valence-electron chi connectivity index (χ0n) is 13.6. The Kier molecular flexibility index (Phi) is 3.74. The summed E-state index contributed by atoms with van der Waals surface area (Å²) in [5, 5.41) is 2.89. The van der Waals surface area contributed by atoms with Gasteiger partial charge in [0.25, 0.3) is 0 Å². The third-order valence-corrected chi connectivity index (χ3v) is 6.13. The fourth-order valence-electron chi connectivity index (χ4n) is 4.91. The average Bonchev–Trinajstić information content (AvgIpc) is 3.05. The minimum atomic E-state index is -0.352. The fourth-order valence-corrected chi connectivity index (χ4v) is 4.91. The molecule has 4 nitrogen and oxygen atoms in total. The predicted octanol–water partition coefficient (Wildman–Crippen LogP) is 2.18. The molecule has 21 heavy (non-hydrogen) atoms. The van der Waals surface area contributed by atoms with E-state index < -0.39 is 0 Å². The van der Waals surface area contributed by atoms with E-state index in [1.165, 1.54) is 25.7 Å². The molecule has 2 saturated carbocycles. The van der Waals surface area contributed by atoms with Crippen molar-refractivity contribution in [2.24, 2.45) is 23.7 Å². The number of amides is 2. The van der Waals surface area contributed by atoms with E-state index in [2.05, 4.69) is 12.2 Å². The lowest BCUT2D eigenvalue weighted by Gasteiger charge is -2.45. The Bertz CT molecular complexity index is 448. The lowest BCUT2D eigenvalue weighted by atomic mass is 9.82. The van der Waals surface area contributed by atoms with E-state index in [0.29, 0.717) is 5.92 Å². The van der Waals surface area contributed by atoms with E-state index in [0.717, 1.165) is 11.8 Å². The maximum atomic E-state index is 12.8. The molecule has 0 aromatic carbocycles. The van der Waals surface area contributed by atoms with Crippen molar-refractivity contribution in [1.29, 1.82) is 0 Å². The largest absolute Gasteiger partial charge is 0.342 e. The molecule has 1 heterocycles. The van der Waals surface area contributed by atoms with Crippen LogP contribution >= 0.6 is 0 Å². The summed E-state index contributed by atoms with van der Waals surface area (Å²) < 4.78 is 0. The van der Waals surface area contributed by atoms with Gasteiger partial charge >= 0.3 is 0 Å². The van der Waals surface area contributed by atoms with Crippen molar-refractivity contribution in [3.63, 3.8) is 0 Å². The van der Waals surface area contributed by atoms with Gasteiger partial charge in [-0.05, 0) is 56.8 Å². The van der Waals surface area contributed by atoms with Crippen LogP contribution in [0.1, 0.15) is 53.4 Å². The van der Waals surface area contributed by atoms with E-state index in [1.54, 1.807) is 0 Å². The van der Waals surface area contributed by atoms with Gasteiger partial charge in [0.05, 0.1) is 0 Å². The summed E-state index contributed by atoms with van der Waals surface area (Å²) >= 11 is 0. The zero-order valence-corrected chi connectivity index (χ0v) is 13.6. The highest BCUT2D eigenvalue weighted by atomic mass is 16.2. The molecule has 6 atom stereocenters. The van der Waals surface area contributed by atoms with Crippen LogP contribution in [0.15, 0.2) is 0 Å². The van der Waals surface area contributed by atoms with Crippen molar-refractivity contribution < 1.29 is 9.59 Å². The standard InChI is InChI=1S/C17H28N2O2/c1-9(2)15-17(21)19(11(4)16(20)18-15)10(3)14-8-12-5-6-13(14)7-12/h9-15H,5-8H2,1-4H3,(H,18,20). The summed E-state index contributed by atoms with van der Waals surface area (Å²) in [5.41, 5.74) is 0. The van der Waals surface area contributed by atoms with Crippen LogP contribution in [0.2, 0.25) is 0 Å². The number of fused-ring (bicyclic) bond motifs is 2. The topological polar surface area (TPSA) is 49.4 Å². The van der Waals surface area contributed by atoms with Crippen LogP contribution in [0.4, 0.5) is 0 Å². The summed E-state index contributed by atoms with van der Waals surface area (Å²) in [7, 11) is 0. The number of carbonyl (C=O) groups excluding carboxylic acids is 2. The molecule has 0 aromatic rings. The smallest absolute Gasteiger partial charge is 0.246 e. The normalized spacial score (nSPS) is 40.8.